The second-order valence-electron chi connectivity index (χ2n) is 3.95. The Balaban J connectivity index is 4.09. The molecule has 1 atom stereocenters. The van der Waals surface area contributed by atoms with Crippen LogP contribution in [-0.2, 0) is 4.79 Å². The van der Waals surface area contributed by atoms with Gasteiger partial charge in [0.2, 0.25) is 5.91 Å². The molecule has 84 valence electrons. The third-order valence-electron chi connectivity index (χ3n) is 2.25. The van der Waals surface area contributed by atoms with Crippen molar-refractivity contribution in [2.75, 3.05) is 6.54 Å². The molecule has 2 nitrogen and oxygen atoms in total. The lowest BCUT2D eigenvalue weighted by atomic mass is 10.2. The largest absolute Gasteiger partial charge is 0.339 e. The van der Waals surface area contributed by atoms with Gasteiger partial charge in [-0.1, -0.05) is 35.7 Å². The van der Waals surface area contributed by atoms with Crippen molar-refractivity contribution in [3.8, 4) is 0 Å². The van der Waals surface area contributed by atoms with Crippen LogP contribution in [0.1, 0.15) is 47.0 Å². The molecule has 0 aromatic heterocycles. The van der Waals surface area contributed by atoms with E-state index in [1.165, 1.54) is 12.8 Å². The lowest BCUT2D eigenvalue weighted by molar-refractivity contribution is -0.131. The molecule has 0 saturated heterocycles. The van der Waals surface area contributed by atoms with E-state index in [9.17, 15) is 4.79 Å². The predicted octanol–water partition coefficient (Wildman–Crippen LogP) is 3.20. The van der Waals surface area contributed by atoms with Crippen molar-refractivity contribution in [2.45, 2.75) is 57.8 Å². The van der Waals surface area contributed by atoms with Gasteiger partial charge in [0.05, 0.1) is 4.83 Å². The molecule has 0 aliphatic rings. The minimum atomic E-state index is -0.0634. The topological polar surface area (TPSA) is 20.3 Å². The predicted molar refractivity (Wildman–Crippen MR) is 64.8 cm³/mol. The van der Waals surface area contributed by atoms with E-state index in [0.717, 1.165) is 13.0 Å². The zero-order chi connectivity index (χ0) is 11.1. The van der Waals surface area contributed by atoms with E-state index in [0.29, 0.717) is 6.04 Å². The summed E-state index contributed by atoms with van der Waals surface area (Å²) in [6.07, 6.45) is 3.51. The third-order valence-corrected chi connectivity index (χ3v) is 2.64. The minimum Gasteiger partial charge on any atom is -0.339 e. The first kappa shape index (κ1) is 13.9. The average molecular weight is 264 g/mol. The molecule has 3 heteroatoms. The van der Waals surface area contributed by atoms with Crippen LogP contribution in [0.4, 0.5) is 0 Å². The van der Waals surface area contributed by atoms with Gasteiger partial charge in [-0.05, 0) is 27.2 Å². The summed E-state index contributed by atoms with van der Waals surface area (Å²) in [7, 11) is 0. The smallest absolute Gasteiger partial charge is 0.236 e. The molecule has 0 rings (SSSR count). The van der Waals surface area contributed by atoms with E-state index in [1.807, 2.05) is 11.8 Å². The lowest BCUT2D eigenvalue weighted by Crippen LogP contribution is -2.41. The summed E-state index contributed by atoms with van der Waals surface area (Å²) < 4.78 is 0. The molecule has 1 amide bonds. The average Bonchev–Trinajstić information content (AvgIpc) is 2.10. The normalized spacial score (nSPS) is 13.0. The van der Waals surface area contributed by atoms with Crippen molar-refractivity contribution >= 4 is 21.8 Å². The quantitative estimate of drug-likeness (QED) is 0.533. The van der Waals surface area contributed by atoms with E-state index in [1.54, 1.807) is 0 Å². The van der Waals surface area contributed by atoms with Crippen LogP contribution in [0, 0.1) is 0 Å². The Kier molecular flexibility index (Phi) is 7.24. The molecular weight excluding hydrogens is 242 g/mol. The van der Waals surface area contributed by atoms with E-state index in [-0.39, 0.29) is 10.7 Å². The van der Waals surface area contributed by atoms with Crippen molar-refractivity contribution in [2.24, 2.45) is 0 Å². The highest BCUT2D eigenvalue weighted by atomic mass is 79.9. The van der Waals surface area contributed by atoms with E-state index in [2.05, 4.69) is 36.7 Å². The third kappa shape index (κ3) is 4.99. The standard InChI is InChI=1S/C11H22BrNO/c1-5-6-7-8-13(9(2)3)11(14)10(4)12/h9-10H,5-8H2,1-4H3. The van der Waals surface area contributed by atoms with Crippen LogP contribution < -0.4 is 0 Å². The molecule has 0 aromatic carbocycles. The van der Waals surface area contributed by atoms with Gasteiger partial charge in [0.25, 0.3) is 0 Å². The summed E-state index contributed by atoms with van der Waals surface area (Å²) >= 11 is 3.33. The van der Waals surface area contributed by atoms with Gasteiger partial charge in [-0.3, -0.25) is 4.79 Å². The number of amides is 1. The highest BCUT2D eigenvalue weighted by Crippen LogP contribution is 2.09. The molecule has 0 N–H and O–H groups in total. The van der Waals surface area contributed by atoms with Crippen LogP contribution in [-0.4, -0.2) is 28.2 Å². The number of alkyl halides is 1. The van der Waals surface area contributed by atoms with Gasteiger partial charge in [-0.25, -0.2) is 0 Å². The number of rotatable bonds is 6. The van der Waals surface area contributed by atoms with Crippen molar-refractivity contribution in [3.63, 3.8) is 0 Å². The summed E-state index contributed by atoms with van der Waals surface area (Å²) in [5.41, 5.74) is 0. The van der Waals surface area contributed by atoms with Gasteiger partial charge in [0.1, 0.15) is 0 Å². The molecule has 0 radical (unpaired) electrons. The number of carbonyl (C=O) groups excluding carboxylic acids is 1. The molecule has 0 saturated carbocycles. The second kappa shape index (κ2) is 7.27. The van der Waals surface area contributed by atoms with Gasteiger partial charge in [0.15, 0.2) is 0 Å². The van der Waals surface area contributed by atoms with Crippen LogP contribution in [0.15, 0.2) is 0 Å². The summed E-state index contributed by atoms with van der Waals surface area (Å²) in [5.74, 6) is 0.205. The van der Waals surface area contributed by atoms with Gasteiger partial charge in [-0.2, -0.15) is 0 Å². The zero-order valence-corrected chi connectivity index (χ0v) is 11.3. The fourth-order valence-electron chi connectivity index (χ4n) is 1.38. The molecule has 1 unspecified atom stereocenters. The first-order valence-corrected chi connectivity index (χ1v) is 6.36. The molecular formula is C11H22BrNO. The zero-order valence-electron chi connectivity index (χ0n) is 9.72. The summed E-state index contributed by atoms with van der Waals surface area (Å²) in [5, 5.41) is 0. The number of unbranched alkanes of at least 4 members (excludes halogenated alkanes) is 2. The van der Waals surface area contributed by atoms with Gasteiger partial charge >= 0.3 is 0 Å². The van der Waals surface area contributed by atoms with Crippen LogP contribution >= 0.6 is 15.9 Å². The summed E-state index contributed by atoms with van der Waals surface area (Å²) in [4.78, 5) is 13.6. The fraction of sp³-hybridized carbons (Fsp3) is 0.909. The van der Waals surface area contributed by atoms with Crippen LogP contribution in [0.3, 0.4) is 0 Å². The Morgan fingerprint density at radius 1 is 1.29 bits per heavy atom. The Hall–Kier alpha value is -0.0500. The second-order valence-corrected chi connectivity index (χ2v) is 5.32. The van der Waals surface area contributed by atoms with Gasteiger partial charge in [-0.15, -0.1) is 0 Å². The Morgan fingerprint density at radius 3 is 2.21 bits per heavy atom. The van der Waals surface area contributed by atoms with Crippen LogP contribution in [0.5, 0.6) is 0 Å². The lowest BCUT2D eigenvalue weighted by Gasteiger charge is -2.28. The Morgan fingerprint density at radius 2 is 1.86 bits per heavy atom. The molecule has 0 spiro atoms. The fourth-order valence-corrected chi connectivity index (χ4v) is 1.65. The van der Waals surface area contributed by atoms with Crippen LogP contribution in [0.2, 0.25) is 0 Å². The summed E-state index contributed by atoms with van der Waals surface area (Å²) in [6.45, 7) is 9.09. The van der Waals surface area contributed by atoms with Gasteiger partial charge < -0.3 is 4.90 Å². The number of hydrogen-bond donors (Lipinski definition) is 0. The molecule has 0 bridgehead atoms. The molecule has 14 heavy (non-hydrogen) atoms. The van der Waals surface area contributed by atoms with Crippen molar-refractivity contribution < 1.29 is 4.79 Å². The minimum absolute atomic E-state index is 0.0634. The number of carbonyl (C=O) groups is 1. The Labute approximate surface area is 96.2 Å². The monoisotopic (exact) mass is 263 g/mol. The maximum absolute atomic E-state index is 11.8. The van der Waals surface area contributed by atoms with Crippen molar-refractivity contribution in [1.82, 2.24) is 4.90 Å². The maximum Gasteiger partial charge on any atom is 0.236 e. The maximum atomic E-state index is 11.8. The molecule has 0 heterocycles. The Bertz CT molecular complexity index is 169. The van der Waals surface area contributed by atoms with Crippen molar-refractivity contribution in [1.29, 1.82) is 0 Å². The highest BCUT2D eigenvalue weighted by molar-refractivity contribution is 9.10. The van der Waals surface area contributed by atoms with E-state index in [4.69, 9.17) is 0 Å². The SMILES string of the molecule is CCCCCN(C(=O)C(C)Br)C(C)C. The van der Waals surface area contributed by atoms with E-state index < -0.39 is 0 Å². The van der Waals surface area contributed by atoms with Gasteiger partial charge in [0, 0.05) is 12.6 Å². The molecule has 0 aromatic rings. The molecule has 0 aliphatic carbocycles. The molecule has 0 fully saturated rings. The number of halogens is 1. The number of nitrogens with zero attached hydrogens (tertiary/aromatic N) is 1. The molecule has 0 aliphatic heterocycles. The van der Waals surface area contributed by atoms with Crippen LogP contribution in [0.25, 0.3) is 0 Å². The highest BCUT2D eigenvalue weighted by Gasteiger charge is 2.19. The summed E-state index contributed by atoms with van der Waals surface area (Å²) in [6, 6.07) is 0.305. The van der Waals surface area contributed by atoms with E-state index >= 15 is 0 Å². The number of hydrogen-bond acceptors (Lipinski definition) is 1. The van der Waals surface area contributed by atoms with Crippen molar-refractivity contribution in [3.05, 3.63) is 0 Å². The first-order chi connectivity index (χ1) is 6.50. The first-order valence-electron chi connectivity index (χ1n) is 5.45.